The van der Waals surface area contributed by atoms with E-state index in [1.807, 2.05) is 12.1 Å². The molecule has 3 aromatic heterocycles. The minimum atomic E-state index is -0.649. The number of anilines is 1. The third kappa shape index (κ3) is 4.54. The number of carbonyl (C=O) groups excluding carboxylic acids is 1. The molecule has 4 heterocycles. The minimum Gasteiger partial charge on any atom is -0.310 e. The van der Waals surface area contributed by atoms with Gasteiger partial charge in [0.25, 0.3) is 0 Å². The number of carbonyl (C=O) groups is 1. The molecule has 3 aromatic rings. The predicted molar refractivity (Wildman–Crippen MR) is 116 cm³/mol. The SMILES string of the molecule is O=C(Nc1cc2cc(-c3cnccn3)ncc2cn1)C1CCC(CN2CC(F)C2)CC1. The maximum Gasteiger partial charge on any atom is 0.228 e. The number of likely N-dealkylation sites (tertiary alicyclic amines) is 1. The van der Waals surface area contributed by atoms with Crippen LogP contribution in [0.25, 0.3) is 22.2 Å². The quantitative estimate of drug-likeness (QED) is 0.680. The molecular weight excluding hydrogens is 395 g/mol. The highest BCUT2D eigenvalue weighted by molar-refractivity contribution is 5.94. The number of fused-ring (bicyclic) bond motifs is 1. The molecule has 0 aromatic carbocycles. The van der Waals surface area contributed by atoms with Crippen LogP contribution in [0.3, 0.4) is 0 Å². The summed E-state index contributed by atoms with van der Waals surface area (Å²) in [5.41, 5.74) is 1.42. The summed E-state index contributed by atoms with van der Waals surface area (Å²) in [6.45, 7) is 2.10. The van der Waals surface area contributed by atoms with Crippen molar-refractivity contribution in [2.24, 2.45) is 11.8 Å². The van der Waals surface area contributed by atoms with Crippen LogP contribution in [-0.2, 0) is 4.79 Å². The third-order valence-electron chi connectivity index (χ3n) is 6.33. The zero-order valence-corrected chi connectivity index (χ0v) is 17.2. The highest BCUT2D eigenvalue weighted by atomic mass is 19.1. The molecular formula is C23H25FN6O. The number of hydrogen-bond acceptors (Lipinski definition) is 6. The van der Waals surface area contributed by atoms with Crippen LogP contribution in [0.4, 0.5) is 10.2 Å². The number of nitrogens with zero attached hydrogens (tertiary/aromatic N) is 5. The Labute approximate surface area is 180 Å². The van der Waals surface area contributed by atoms with E-state index in [9.17, 15) is 9.18 Å². The van der Waals surface area contributed by atoms with E-state index in [1.165, 1.54) is 0 Å². The van der Waals surface area contributed by atoms with Crippen molar-refractivity contribution >= 4 is 22.5 Å². The highest BCUT2D eigenvalue weighted by Crippen LogP contribution is 2.31. The van der Waals surface area contributed by atoms with Crippen LogP contribution in [0.1, 0.15) is 25.7 Å². The van der Waals surface area contributed by atoms with Crippen LogP contribution in [-0.4, -0.2) is 56.5 Å². The van der Waals surface area contributed by atoms with Crippen LogP contribution >= 0.6 is 0 Å². The van der Waals surface area contributed by atoms with Gasteiger partial charge in [-0.2, -0.15) is 0 Å². The van der Waals surface area contributed by atoms with Gasteiger partial charge >= 0.3 is 0 Å². The number of hydrogen-bond donors (Lipinski definition) is 1. The maximum absolute atomic E-state index is 13.0. The second kappa shape index (κ2) is 8.63. The Kier molecular flexibility index (Phi) is 5.55. The largest absolute Gasteiger partial charge is 0.310 e. The number of pyridine rings is 2. The van der Waals surface area contributed by atoms with E-state index in [2.05, 4.69) is 30.2 Å². The number of halogens is 1. The van der Waals surface area contributed by atoms with Gasteiger partial charge in [0.15, 0.2) is 0 Å². The van der Waals surface area contributed by atoms with Crippen molar-refractivity contribution in [3.05, 3.63) is 43.1 Å². The minimum absolute atomic E-state index is 0.00616. The van der Waals surface area contributed by atoms with Gasteiger partial charge in [-0.3, -0.25) is 24.6 Å². The molecule has 1 aliphatic heterocycles. The predicted octanol–water partition coefficient (Wildman–Crippen LogP) is 3.49. The standard InChI is InChI=1S/C23H25FN6O/c24-19-13-30(14-19)12-15-1-3-16(4-2-15)23(31)29-22-8-17-7-20(21-11-25-5-6-26-21)27-9-18(17)10-28-22/h5-11,15-16,19H,1-4,12-14H2,(H,28,29,31). The lowest BCUT2D eigenvalue weighted by Gasteiger charge is -2.38. The van der Waals surface area contributed by atoms with Gasteiger partial charge < -0.3 is 5.32 Å². The summed E-state index contributed by atoms with van der Waals surface area (Å²) < 4.78 is 13.0. The molecule has 0 spiro atoms. The van der Waals surface area contributed by atoms with Crippen LogP contribution in [0.5, 0.6) is 0 Å². The second-order valence-corrected chi connectivity index (χ2v) is 8.60. The van der Waals surface area contributed by atoms with Gasteiger partial charge in [0.1, 0.15) is 17.7 Å². The number of amides is 1. The molecule has 5 rings (SSSR count). The van der Waals surface area contributed by atoms with Crippen molar-refractivity contribution in [2.45, 2.75) is 31.9 Å². The average Bonchev–Trinajstić information content (AvgIpc) is 2.78. The molecule has 0 bridgehead atoms. The van der Waals surface area contributed by atoms with Crippen molar-refractivity contribution in [3.63, 3.8) is 0 Å². The summed E-state index contributed by atoms with van der Waals surface area (Å²) in [6, 6.07) is 3.80. The Balaban J connectivity index is 1.21. The molecule has 8 heteroatoms. The van der Waals surface area contributed by atoms with Crippen molar-refractivity contribution in [1.29, 1.82) is 0 Å². The highest BCUT2D eigenvalue weighted by Gasteiger charge is 2.31. The van der Waals surface area contributed by atoms with Crippen LogP contribution in [0.15, 0.2) is 43.1 Å². The van der Waals surface area contributed by atoms with Crippen LogP contribution < -0.4 is 5.32 Å². The zero-order chi connectivity index (χ0) is 21.2. The van der Waals surface area contributed by atoms with E-state index >= 15 is 0 Å². The molecule has 7 nitrogen and oxygen atoms in total. The molecule has 160 valence electrons. The molecule has 1 N–H and O–H groups in total. The van der Waals surface area contributed by atoms with E-state index in [0.29, 0.717) is 30.5 Å². The molecule has 1 amide bonds. The van der Waals surface area contributed by atoms with Gasteiger partial charge in [-0.15, -0.1) is 0 Å². The second-order valence-electron chi connectivity index (χ2n) is 8.60. The number of alkyl halides is 1. The summed E-state index contributed by atoms with van der Waals surface area (Å²) in [5, 5.41) is 4.82. The molecule has 0 radical (unpaired) electrons. The summed E-state index contributed by atoms with van der Waals surface area (Å²) in [4.78, 5) is 32.2. The van der Waals surface area contributed by atoms with Gasteiger partial charge in [0.05, 0.1) is 11.9 Å². The van der Waals surface area contributed by atoms with E-state index in [0.717, 1.165) is 48.7 Å². The Morgan fingerprint density at radius 2 is 1.77 bits per heavy atom. The lowest BCUT2D eigenvalue weighted by atomic mass is 9.81. The fourth-order valence-electron chi connectivity index (χ4n) is 4.53. The summed E-state index contributed by atoms with van der Waals surface area (Å²) in [5.74, 6) is 1.15. The Morgan fingerprint density at radius 1 is 0.968 bits per heavy atom. The summed E-state index contributed by atoms with van der Waals surface area (Å²) >= 11 is 0. The molecule has 2 aliphatic rings. The zero-order valence-electron chi connectivity index (χ0n) is 17.2. The molecule has 2 fully saturated rings. The van der Waals surface area contributed by atoms with Gasteiger partial charge in [0.2, 0.25) is 5.91 Å². The maximum atomic E-state index is 13.0. The van der Waals surface area contributed by atoms with E-state index in [1.54, 1.807) is 31.0 Å². The fraction of sp³-hybridized carbons (Fsp3) is 0.435. The first-order valence-electron chi connectivity index (χ1n) is 10.8. The normalized spacial score (nSPS) is 22.2. The van der Waals surface area contributed by atoms with Crippen molar-refractivity contribution in [1.82, 2.24) is 24.8 Å². The molecule has 31 heavy (non-hydrogen) atoms. The Morgan fingerprint density at radius 3 is 2.52 bits per heavy atom. The smallest absolute Gasteiger partial charge is 0.228 e. The summed E-state index contributed by atoms with van der Waals surface area (Å²) in [6.07, 6.45) is 11.5. The van der Waals surface area contributed by atoms with Gasteiger partial charge in [0, 0.05) is 55.7 Å². The summed E-state index contributed by atoms with van der Waals surface area (Å²) in [7, 11) is 0. The van der Waals surface area contributed by atoms with Gasteiger partial charge in [-0.05, 0) is 49.1 Å². The van der Waals surface area contributed by atoms with Crippen LogP contribution in [0, 0.1) is 11.8 Å². The topological polar surface area (TPSA) is 83.9 Å². The number of nitrogens with one attached hydrogen (secondary N) is 1. The fourth-order valence-corrected chi connectivity index (χ4v) is 4.53. The molecule has 0 atom stereocenters. The monoisotopic (exact) mass is 420 g/mol. The number of rotatable bonds is 5. The molecule has 1 aliphatic carbocycles. The van der Waals surface area contributed by atoms with E-state index < -0.39 is 6.17 Å². The molecule has 1 saturated heterocycles. The van der Waals surface area contributed by atoms with Gasteiger partial charge in [-0.25, -0.2) is 9.37 Å². The lowest BCUT2D eigenvalue weighted by Crippen LogP contribution is -2.50. The molecule has 0 unspecified atom stereocenters. The number of aromatic nitrogens is 4. The Hall–Kier alpha value is -3.00. The first-order chi connectivity index (χ1) is 15.1. The molecule has 1 saturated carbocycles. The third-order valence-corrected chi connectivity index (χ3v) is 6.33. The van der Waals surface area contributed by atoms with Crippen LogP contribution in [0.2, 0.25) is 0 Å². The van der Waals surface area contributed by atoms with Gasteiger partial charge in [-0.1, -0.05) is 0 Å². The van der Waals surface area contributed by atoms with Crippen molar-refractivity contribution in [2.75, 3.05) is 25.0 Å². The Bertz CT molecular complexity index is 1060. The first-order valence-corrected chi connectivity index (χ1v) is 10.8. The van der Waals surface area contributed by atoms with E-state index in [4.69, 9.17) is 0 Å². The van der Waals surface area contributed by atoms with Crippen molar-refractivity contribution in [3.8, 4) is 11.4 Å². The lowest BCUT2D eigenvalue weighted by molar-refractivity contribution is -0.121. The van der Waals surface area contributed by atoms with E-state index in [-0.39, 0.29) is 11.8 Å². The average molecular weight is 420 g/mol. The first kappa shape index (κ1) is 19.9. The van der Waals surface area contributed by atoms with Crippen molar-refractivity contribution < 1.29 is 9.18 Å².